The number of hydrogen-bond donors (Lipinski definition) is 2. The highest BCUT2D eigenvalue weighted by Gasteiger charge is 2.34. The van der Waals surface area contributed by atoms with Crippen LogP contribution in [0.1, 0.15) is 18.1 Å². The molecule has 0 amide bonds. The molecule has 2 aromatic heterocycles. The largest absolute Gasteiger partial charge is 0.419 e. The molecule has 0 radical (unpaired) electrons. The first-order chi connectivity index (χ1) is 11.6. The number of pyridine rings is 2. The first-order valence-electron chi connectivity index (χ1n) is 7.03. The minimum absolute atomic E-state index is 0.0468. The van der Waals surface area contributed by atoms with E-state index in [-0.39, 0.29) is 29.0 Å². The van der Waals surface area contributed by atoms with Crippen molar-refractivity contribution in [3.05, 3.63) is 46.9 Å². The molecule has 0 aromatic carbocycles. The van der Waals surface area contributed by atoms with Crippen LogP contribution in [0.5, 0.6) is 0 Å². The standard InChI is InChI=1S/C14H14ClF3N4O2S/c1-2-25(23,24)22-13-9(4-3-5-19-13)7-20-11-6-12(15)21-8-10(11)14(16,17)18/h3-6,8H,2,7H2,1H3,(H,19,22)(H,20,21). The van der Waals surface area contributed by atoms with E-state index in [1.807, 2.05) is 0 Å². The second kappa shape index (κ2) is 7.44. The van der Waals surface area contributed by atoms with Crippen molar-refractivity contribution < 1.29 is 21.6 Å². The van der Waals surface area contributed by atoms with Gasteiger partial charge in [0.25, 0.3) is 0 Å². The number of rotatable bonds is 6. The zero-order valence-corrected chi connectivity index (χ0v) is 14.5. The zero-order chi connectivity index (χ0) is 18.7. The third-order valence-corrected chi connectivity index (χ3v) is 4.64. The highest BCUT2D eigenvalue weighted by atomic mass is 35.5. The minimum atomic E-state index is -4.61. The van der Waals surface area contributed by atoms with E-state index in [2.05, 4.69) is 20.0 Å². The summed E-state index contributed by atoms with van der Waals surface area (Å²) in [4.78, 5) is 7.36. The minimum Gasteiger partial charge on any atom is -0.380 e. The van der Waals surface area contributed by atoms with Gasteiger partial charge in [-0.15, -0.1) is 0 Å². The van der Waals surface area contributed by atoms with Crippen molar-refractivity contribution in [3.8, 4) is 0 Å². The normalized spacial score (nSPS) is 12.0. The molecule has 0 unspecified atom stereocenters. The van der Waals surface area contributed by atoms with E-state index in [1.165, 1.54) is 13.1 Å². The van der Waals surface area contributed by atoms with Gasteiger partial charge in [0.1, 0.15) is 11.0 Å². The molecule has 0 saturated heterocycles. The van der Waals surface area contributed by atoms with Crippen LogP contribution >= 0.6 is 11.6 Å². The molecule has 2 aromatic rings. The lowest BCUT2D eigenvalue weighted by atomic mass is 10.2. The van der Waals surface area contributed by atoms with Crippen LogP contribution in [0.15, 0.2) is 30.6 Å². The van der Waals surface area contributed by atoms with Gasteiger partial charge in [-0.1, -0.05) is 17.7 Å². The van der Waals surface area contributed by atoms with E-state index >= 15 is 0 Å². The Morgan fingerprint density at radius 1 is 1.28 bits per heavy atom. The maximum atomic E-state index is 13.0. The van der Waals surface area contributed by atoms with Crippen LogP contribution in [-0.4, -0.2) is 24.1 Å². The average Bonchev–Trinajstić information content (AvgIpc) is 2.52. The molecule has 0 bridgehead atoms. The van der Waals surface area contributed by atoms with Gasteiger partial charge in [-0.05, 0) is 19.1 Å². The molecule has 0 aliphatic carbocycles. The number of sulfonamides is 1. The first kappa shape index (κ1) is 19.3. The maximum absolute atomic E-state index is 13.0. The third kappa shape index (κ3) is 5.20. The Balaban J connectivity index is 2.27. The monoisotopic (exact) mass is 394 g/mol. The molecule has 0 fully saturated rings. The summed E-state index contributed by atoms with van der Waals surface area (Å²) in [5, 5.41) is 2.50. The molecule has 25 heavy (non-hydrogen) atoms. The summed E-state index contributed by atoms with van der Waals surface area (Å²) in [6, 6.07) is 4.14. The van der Waals surface area contributed by atoms with E-state index in [4.69, 9.17) is 11.6 Å². The smallest absolute Gasteiger partial charge is 0.380 e. The fourth-order valence-electron chi connectivity index (χ4n) is 1.89. The molecular formula is C14H14ClF3N4O2S. The van der Waals surface area contributed by atoms with Crippen LogP contribution in [0.25, 0.3) is 0 Å². The SMILES string of the molecule is CCS(=O)(=O)Nc1ncccc1CNc1cc(Cl)ncc1C(F)(F)F. The van der Waals surface area contributed by atoms with Gasteiger partial charge < -0.3 is 5.32 Å². The second-order valence-corrected chi connectivity index (χ2v) is 7.32. The van der Waals surface area contributed by atoms with Gasteiger partial charge in [-0.3, -0.25) is 4.72 Å². The molecule has 2 rings (SSSR count). The summed E-state index contributed by atoms with van der Waals surface area (Å²) in [5.41, 5.74) is -0.863. The number of anilines is 2. The van der Waals surface area contributed by atoms with Crippen LogP contribution in [0, 0.1) is 0 Å². The quantitative estimate of drug-likeness (QED) is 0.732. The molecule has 0 aliphatic heterocycles. The van der Waals surface area contributed by atoms with Crippen LogP contribution in [0.4, 0.5) is 24.7 Å². The topological polar surface area (TPSA) is 84.0 Å². The van der Waals surface area contributed by atoms with Crippen molar-refractivity contribution >= 4 is 33.1 Å². The first-order valence-corrected chi connectivity index (χ1v) is 9.06. The molecule has 11 heteroatoms. The van der Waals surface area contributed by atoms with Gasteiger partial charge in [-0.2, -0.15) is 13.2 Å². The van der Waals surface area contributed by atoms with E-state index < -0.39 is 21.8 Å². The lowest BCUT2D eigenvalue weighted by molar-refractivity contribution is -0.137. The zero-order valence-electron chi connectivity index (χ0n) is 12.9. The Bertz CT molecular complexity index is 859. The van der Waals surface area contributed by atoms with Gasteiger partial charge in [0.15, 0.2) is 0 Å². The molecule has 0 aliphatic rings. The molecule has 0 saturated carbocycles. The predicted molar refractivity (Wildman–Crippen MR) is 88.9 cm³/mol. The van der Waals surface area contributed by atoms with Crippen molar-refractivity contribution in [2.75, 3.05) is 15.8 Å². The molecule has 2 heterocycles. The number of hydrogen-bond acceptors (Lipinski definition) is 5. The van der Waals surface area contributed by atoms with E-state index in [0.29, 0.717) is 11.8 Å². The Kier molecular flexibility index (Phi) is 5.73. The van der Waals surface area contributed by atoms with Crippen molar-refractivity contribution in [2.45, 2.75) is 19.6 Å². The van der Waals surface area contributed by atoms with E-state index in [0.717, 1.165) is 6.07 Å². The van der Waals surface area contributed by atoms with Crippen molar-refractivity contribution in [1.82, 2.24) is 9.97 Å². The third-order valence-electron chi connectivity index (χ3n) is 3.17. The van der Waals surface area contributed by atoms with E-state index in [9.17, 15) is 21.6 Å². The summed E-state index contributed by atoms with van der Waals surface area (Å²) >= 11 is 5.66. The number of nitrogens with zero attached hydrogens (tertiary/aromatic N) is 2. The van der Waals surface area contributed by atoms with E-state index in [1.54, 1.807) is 12.1 Å². The average molecular weight is 395 g/mol. The van der Waals surface area contributed by atoms with Crippen LogP contribution in [0.3, 0.4) is 0 Å². The summed E-state index contributed by atoms with van der Waals surface area (Å²) in [5.74, 6) is -0.111. The Labute approximate surface area is 147 Å². The van der Waals surface area contributed by atoms with Crippen molar-refractivity contribution in [1.29, 1.82) is 0 Å². The fourth-order valence-corrected chi connectivity index (χ4v) is 2.67. The van der Waals surface area contributed by atoms with Crippen molar-refractivity contribution in [3.63, 3.8) is 0 Å². The fraction of sp³-hybridized carbons (Fsp3) is 0.286. The number of halogens is 4. The molecule has 0 spiro atoms. The molecule has 6 nitrogen and oxygen atoms in total. The van der Waals surface area contributed by atoms with Gasteiger partial charge in [-0.25, -0.2) is 18.4 Å². The highest BCUT2D eigenvalue weighted by Crippen LogP contribution is 2.35. The summed E-state index contributed by atoms with van der Waals surface area (Å²) in [6.45, 7) is 1.36. The highest BCUT2D eigenvalue weighted by molar-refractivity contribution is 7.92. The molecule has 136 valence electrons. The summed E-state index contributed by atoms with van der Waals surface area (Å²) in [7, 11) is -3.57. The second-order valence-electron chi connectivity index (χ2n) is 4.92. The maximum Gasteiger partial charge on any atom is 0.419 e. The Hall–Kier alpha value is -2.07. The van der Waals surface area contributed by atoms with Crippen LogP contribution in [-0.2, 0) is 22.7 Å². The van der Waals surface area contributed by atoms with Gasteiger partial charge >= 0.3 is 6.18 Å². The lowest BCUT2D eigenvalue weighted by Crippen LogP contribution is -2.18. The van der Waals surface area contributed by atoms with Gasteiger partial charge in [0.2, 0.25) is 10.0 Å². The van der Waals surface area contributed by atoms with Crippen molar-refractivity contribution in [2.24, 2.45) is 0 Å². The van der Waals surface area contributed by atoms with Crippen LogP contribution in [0.2, 0.25) is 5.15 Å². The number of aromatic nitrogens is 2. The van der Waals surface area contributed by atoms with Crippen LogP contribution < -0.4 is 10.0 Å². The number of alkyl halides is 3. The number of nitrogens with one attached hydrogen (secondary N) is 2. The molecule has 0 atom stereocenters. The summed E-state index contributed by atoms with van der Waals surface area (Å²) in [6.07, 6.45) is -2.60. The molecular weight excluding hydrogens is 381 g/mol. The molecule has 2 N–H and O–H groups in total. The Morgan fingerprint density at radius 2 is 2.00 bits per heavy atom. The van der Waals surface area contributed by atoms with Gasteiger partial charge in [0.05, 0.1) is 17.0 Å². The predicted octanol–water partition coefficient (Wildman–Crippen LogP) is 3.52. The summed E-state index contributed by atoms with van der Waals surface area (Å²) < 4.78 is 64.7. The Morgan fingerprint density at radius 3 is 2.64 bits per heavy atom. The lowest BCUT2D eigenvalue weighted by Gasteiger charge is -2.16. The van der Waals surface area contributed by atoms with Gasteiger partial charge in [0, 0.05) is 24.5 Å².